The minimum Gasteiger partial charge on any atom is -0.497 e. The molecule has 0 radical (unpaired) electrons. The van der Waals surface area contributed by atoms with Crippen molar-refractivity contribution < 1.29 is 9.53 Å². The van der Waals surface area contributed by atoms with Crippen LogP contribution in [0.15, 0.2) is 30.6 Å². The molecule has 0 bridgehead atoms. The van der Waals surface area contributed by atoms with Crippen molar-refractivity contribution in [2.24, 2.45) is 5.84 Å². The predicted octanol–water partition coefficient (Wildman–Crippen LogP) is 1.33. The SMILES string of the molecule is COc1ccc(NC(=O)c2cnc(NN)cn2)c(C)c1. The summed E-state index contributed by atoms with van der Waals surface area (Å²) in [5.41, 5.74) is 4.14. The van der Waals surface area contributed by atoms with Gasteiger partial charge in [0.15, 0.2) is 5.82 Å². The number of nitrogens with one attached hydrogen (secondary N) is 2. The van der Waals surface area contributed by atoms with E-state index in [1.54, 1.807) is 19.2 Å². The Hall–Kier alpha value is -2.67. The van der Waals surface area contributed by atoms with Crippen LogP contribution in [0, 0.1) is 6.92 Å². The number of benzene rings is 1. The largest absolute Gasteiger partial charge is 0.497 e. The van der Waals surface area contributed by atoms with Gasteiger partial charge >= 0.3 is 0 Å². The van der Waals surface area contributed by atoms with Crippen LogP contribution >= 0.6 is 0 Å². The average molecular weight is 273 g/mol. The summed E-state index contributed by atoms with van der Waals surface area (Å²) in [4.78, 5) is 19.9. The number of nitrogens with two attached hydrogens (primary N) is 1. The van der Waals surface area contributed by atoms with E-state index in [0.717, 1.165) is 11.3 Å². The highest BCUT2D eigenvalue weighted by atomic mass is 16.5. The molecule has 0 atom stereocenters. The third-order valence-corrected chi connectivity index (χ3v) is 2.71. The van der Waals surface area contributed by atoms with Crippen molar-refractivity contribution in [2.45, 2.75) is 6.92 Å². The molecule has 20 heavy (non-hydrogen) atoms. The zero-order valence-electron chi connectivity index (χ0n) is 11.2. The second kappa shape index (κ2) is 5.98. The van der Waals surface area contributed by atoms with Gasteiger partial charge in [-0.25, -0.2) is 15.8 Å². The molecule has 104 valence electrons. The number of hydrazine groups is 1. The Bertz CT molecular complexity index is 613. The van der Waals surface area contributed by atoms with E-state index in [0.29, 0.717) is 11.5 Å². The minimum atomic E-state index is -0.339. The van der Waals surface area contributed by atoms with E-state index in [4.69, 9.17) is 10.6 Å². The van der Waals surface area contributed by atoms with Crippen molar-refractivity contribution in [3.05, 3.63) is 41.9 Å². The van der Waals surface area contributed by atoms with Gasteiger partial charge in [0.1, 0.15) is 11.4 Å². The molecule has 0 aliphatic heterocycles. The molecule has 0 fully saturated rings. The number of carbonyl (C=O) groups is 1. The molecule has 2 aromatic rings. The van der Waals surface area contributed by atoms with Gasteiger partial charge in [-0.1, -0.05) is 0 Å². The van der Waals surface area contributed by atoms with Gasteiger partial charge in [0.25, 0.3) is 5.91 Å². The lowest BCUT2D eigenvalue weighted by Crippen LogP contribution is -2.16. The van der Waals surface area contributed by atoms with Crippen LogP contribution in [0.25, 0.3) is 0 Å². The second-order valence-electron chi connectivity index (χ2n) is 4.07. The fraction of sp³-hybridized carbons (Fsp3) is 0.154. The number of aryl methyl sites for hydroxylation is 1. The molecule has 7 nitrogen and oxygen atoms in total. The van der Waals surface area contributed by atoms with E-state index in [1.807, 2.05) is 13.0 Å². The summed E-state index contributed by atoms with van der Waals surface area (Å²) in [5.74, 6) is 5.97. The fourth-order valence-electron chi connectivity index (χ4n) is 1.61. The van der Waals surface area contributed by atoms with Gasteiger partial charge in [0, 0.05) is 5.69 Å². The van der Waals surface area contributed by atoms with Crippen molar-refractivity contribution in [1.29, 1.82) is 0 Å². The van der Waals surface area contributed by atoms with Gasteiger partial charge in [-0.05, 0) is 30.7 Å². The van der Waals surface area contributed by atoms with E-state index in [1.165, 1.54) is 12.4 Å². The number of amides is 1. The Morgan fingerprint density at radius 1 is 1.30 bits per heavy atom. The number of hydrogen-bond donors (Lipinski definition) is 3. The molecule has 1 aromatic heterocycles. The number of nitrogens with zero attached hydrogens (tertiary/aromatic N) is 2. The molecule has 0 unspecified atom stereocenters. The first-order valence-corrected chi connectivity index (χ1v) is 5.88. The summed E-state index contributed by atoms with van der Waals surface area (Å²) < 4.78 is 5.11. The van der Waals surface area contributed by atoms with Crippen LogP contribution in [0.4, 0.5) is 11.5 Å². The van der Waals surface area contributed by atoms with Crippen LogP contribution in [-0.2, 0) is 0 Å². The summed E-state index contributed by atoms with van der Waals surface area (Å²) in [7, 11) is 1.59. The van der Waals surface area contributed by atoms with E-state index < -0.39 is 0 Å². The normalized spacial score (nSPS) is 9.95. The van der Waals surface area contributed by atoms with E-state index in [-0.39, 0.29) is 11.6 Å². The molecular weight excluding hydrogens is 258 g/mol. The van der Waals surface area contributed by atoms with Crippen LogP contribution in [-0.4, -0.2) is 23.0 Å². The van der Waals surface area contributed by atoms with Crippen LogP contribution in [0.5, 0.6) is 5.75 Å². The molecule has 2 rings (SSSR count). The highest BCUT2D eigenvalue weighted by Gasteiger charge is 2.10. The minimum absolute atomic E-state index is 0.208. The zero-order valence-corrected chi connectivity index (χ0v) is 11.2. The lowest BCUT2D eigenvalue weighted by atomic mass is 10.2. The number of anilines is 2. The molecule has 4 N–H and O–H groups in total. The molecule has 0 saturated heterocycles. The highest BCUT2D eigenvalue weighted by Crippen LogP contribution is 2.21. The van der Waals surface area contributed by atoms with E-state index in [9.17, 15) is 4.79 Å². The number of hydrogen-bond acceptors (Lipinski definition) is 6. The van der Waals surface area contributed by atoms with Crippen LogP contribution < -0.4 is 21.3 Å². The van der Waals surface area contributed by atoms with E-state index >= 15 is 0 Å². The van der Waals surface area contributed by atoms with Crippen LogP contribution in [0.3, 0.4) is 0 Å². The Morgan fingerprint density at radius 3 is 2.65 bits per heavy atom. The fourth-order valence-corrected chi connectivity index (χ4v) is 1.61. The number of nitrogen functional groups attached to an aromatic ring is 1. The molecule has 1 amide bonds. The molecule has 0 aliphatic carbocycles. The first-order chi connectivity index (χ1) is 9.63. The first kappa shape index (κ1) is 13.8. The van der Waals surface area contributed by atoms with Gasteiger partial charge in [-0.15, -0.1) is 0 Å². The third-order valence-electron chi connectivity index (χ3n) is 2.71. The van der Waals surface area contributed by atoms with Crippen molar-refractivity contribution in [2.75, 3.05) is 17.9 Å². The topological polar surface area (TPSA) is 102 Å². The Morgan fingerprint density at radius 2 is 2.10 bits per heavy atom. The summed E-state index contributed by atoms with van der Waals surface area (Å²) in [6, 6.07) is 5.38. The van der Waals surface area contributed by atoms with Crippen LogP contribution in [0.1, 0.15) is 16.1 Å². The average Bonchev–Trinajstić information content (AvgIpc) is 2.49. The van der Waals surface area contributed by atoms with Crippen molar-refractivity contribution >= 4 is 17.4 Å². The Labute approximate surface area is 116 Å². The molecule has 1 heterocycles. The Balaban J connectivity index is 2.14. The maximum Gasteiger partial charge on any atom is 0.275 e. The van der Waals surface area contributed by atoms with E-state index in [2.05, 4.69) is 20.7 Å². The molecule has 0 aliphatic rings. The maximum atomic E-state index is 12.0. The lowest BCUT2D eigenvalue weighted by molar-refractivity contribution is 0.102. The monoisotopic (exact) mass is 273 g/mol. The first-order valence-electron chi connectivity index (χ1n) is 5.88. The molecule has 0 saturated carbocycles. The molecular formula is C13H15N5O2. The number of carbonyl (C=O) groups excluding carboxylic acids is 1. The number of rotatable bonds is 4. The Kier molecular flexibility index (Phi) is 4.11. The number of methoxy groups -OCH3 is 1. The predicted molar refractivity (Wildman–Crippen MR) is 75.5 cm³/mol. The summed E-state index contributed by atoms with van der Waals surface area (Å²) in [5, 5.41) is 2.77. The third kappa shape index (κ3) is 3.01. The van der Waals surface area contributed by atoms with Crippen molar-refractivity contribution in [1.82, 2.24) is 9.97 Å². The molecule has 0 spiro atoms. The van der Waals surface area contributed by atoms with Gasteiger partial charge in [0.2, 0.25) is 0 Å². The number of ether oxygens (including phenoxy) is 1. The standard InChI is InChI=1S/C13H15N5O2/c1-8-5-9(20-2)3-4-10(8)17-13(19)11-6-16-12(18-14)7-15-11/h3-7H,14H2,1-2H3,(H,16,18)(H,17,19). The quantitative estimate of drug-likeness (QED) is 0.573. The van der Waals surface area contributed by atoms with Gasteiger partial charge < -0.3 is 15.5 Å². The molecule has 1 aromatic carbocycles. The smallest absolute Gasteiger partial charge is 0.275 e. The summed E-state index contributed by atoms with van der Waals surface area (Å²) in [6.07, 6.45) is 2.74. The van der Waals surface area contributed by atoms with Gasteiger partial charge in [-0.3, -0.25) is 4.79 Å². The maximum absolute atomic E-state index is 12.0. The summed E-state index contributed by atoms with van der Waals surface area (Å²) >= 11 is 0. The highest BCUT2D eigenvalue weighted by molar-refractivity contribution is 6.03. The van der Waals surface area contributed by atoms with Gasteiger partial charge in [0.05, 0.1) is 19.5 Å². The zero-order chi connectivity index (χ0) is 14.5. The van der Waals surface area contributed by atoms with Crippen molar-refractivity contribution in [3.63, 3.8) is 0 Å². The van der Waals surface area contributed by atoms with Gasteiger partial charge in [-0.2, -0.15) is 0 Å². The summed E-state index contributed by atoms with van der Waals surface area (Å²) in [6.45, 7) is 1.88. The number of aromatic nitrogens is 2. The lowest BCUT2D eigenvalue weighted by Gasteiger charge is -2.09. The van der Waals surface area contributed by atoms with Crippen molar-refractivity contribution in [3.8, 4) is 5.75 Å². The molecule has 7 heteroatoms. The second-order valence-corrected chi connectivity index (χ2v) is 4.07. The van der Waals surface area contributed by atoms with Crippen LogP contribution in [0.2, 0.25) is 0 Å².